The number of carboxylic acid groups (broad SMARTS) is 1. The first-order chi connectivity index (χ1) is 15.3. The summed E-state index contributed by atoms with van der Waals surface area (Å²) in [5.74, 6) is -0.860. The summed E-state index contributed by atoms with van der Waals surface area (Å²) >= 11 is 0. The van der Waals surface area contributed by atoms with Crippen LogP contribution in [0.25, 0.3) is 0 Å². The molecule has 2 aromatic carbocycles. The molecule has 0 amide bonds. The van der Waals surface area contributed by atoms with Gasteiger partial charge in [0.1, 0.15) is 5.75 Å². The van der Waals surface area contributed by atoms with Gasteiger partial charge in [0.15, 0.2) is 11.5 Å². The first kappa shape index (κ1) is 22.0. The lowest BCUT2D eigenvalue weighted by Gasteiger charge is -2.39. The van der Waals surface area contributed by atoms with Gasteiger partial charge in [-0.3, -0.25) is 20.3 Å². The van der Waals surface area contributed by atoms with Gasteiger partial charge in [-0.15, -0.1) is 0 Å². The highest BCUT2D eigenvalue weighted by atomic mass is 16.5. The van der Waals surface area contributed by atoms with Crippen molar-refractivity contribution in [2.24, 2.45) is 16.8 Å². The van der Waals surface area contributed by atoms with Crippen molar-refractivity contribution in [2.45, 2.75) is 25.5 Å². The van der Waals surface area contributed by atoms with Crippen LogP contribution in [0, 0.1) is 5.92 Å². The second-order valence-electron chi connectivity index (χ2n) is 8.37. The minimum Gasteiger partial charge on any atom is -0.481 e. The molecule has 168 valence electrons. The van der Waals surface area contributed by atoms with E-state index in [1.807, 2.05) is 23.2 Å². The minimum absolute atomic E-state index is 0.0751. The number of hydrogen-bond acceptors (Lipinski definition) is 7. The molecule has 2 heterocycles. The molecule has 4 rings (SSSR count). The van der Waals surface area contributed by atoms with E-state index in [0.717, 1.165) is 24.2 Å². The number of rotatable bonds is 6. The monoisotopic (exact) mass is 437 g/mol. The number of nitrogens with zero attached hydrogens (tertiary/aromatic N) is 2. The van der Waals surface area contributed by atoms with Crippen molar-refractivity contribution in [3.05, 3.63) is 64.7 Å². The molecular weight excluding hydrogens is 410 g/mol. The van der Waals surface area contributed by atoms with Crippen LogP contribution in [-0.2, 0) is 16.0 Å². The Labute approximate surface area is 186 Å². The van der Waals surface area contributed by atoms with Crippen molar-refractivity contribution in [2.75, 3.05) is 26.3 Å². The SMILES string of the molecule is CC1(N)Oc2cc(C(=O)c3ccc(C=NN4CCOCC4)cc3)ccc2CC1CC(=O)O. The van der Waals surface area contributed by atoms with Gasteiger partial charge >= 0.3 is 5.97 Å². The largest absolute Gasteiger partial charge is 0.481 e. The molecule has 2 aromatic rings. The van der Waals surface area contributed by atoms with Crippen LogP contribution in [0.4, 0.5) is 0 Å². The number of hydrazone groups is 1. The van der Waals surface area contributed by atoms with Gasteiger partial charge in [-0.1, -0.05) is 36.4 Å². The number of nitrogens with two attached hydrogens (primary N) is 1. The molecule has 0 saturated carbocycles. The van der Waals surface area contributed by atoms with Crippen molar-refractivity contribution >= 4 is 18.0 Å². The fraction of sp³-hybridized carbons (Fsp3) is 0.375. The maximum atomic E-state index is 13.0. The highest BCUT2D eigenvalue weighted by Crippen LogP contribution is 2.37. The predicted molar refractivity (Wildman–Crippen MR) is 119 cm³/mol. The molecule has 32 heavy (non-hydrogen) atoms. The standard InChI is InChI=1S/C24H27N3O5/c1-24(25)20(14-22(28)29)12-18-6-7-19(13-21(18)32-24)23(30)17-4-2-16(3-5-17)15-26-27-8-10-31-11-9-27/h2-7,13,15,20H,8-12,14,25H2,1H3,(H,28,29). The second-order valence-corrected chi connectivity index (χ2v) is 8.37. The molecule has 8 nitrogen and oxygen atoms in total. The number of fused-ring (bicyclic) bond motifs is 1. The zero-order chi connectivity index (χ0) is 22.7. The maximum absolute atomic E-state index is 13.0. The molecule has 2 atom stereocenters. The lowest BCUT2D eigenvalue weighted by Crippen LogP contribution is -2.53. The quantitative estimate of drug-likeness (QED) is 0.526. The molecule has 0 radical (unpaired) electrons. The van der Waals surface area contributed by atoms with E-state index in [9.17, 15) is 9.59 Å². The van der Waals surface area contributed by atoms with Crippen molar-refractivity contribution in [1.29, 1.82) is 0 Å². The van der Waals surface area contributed by atoms with Gasteiger partial charge < -0.3 is 14.6 Å². The smallest absolute Gasteiger partial charge is 0.303 e. The summed E-state index contributed by atoms with van der Waals surface area (Å²) in [6.45, 7) is 4.57. The first-order valence-electron chi connectivity index (χ1n) is 10.7. The molecule has 2 unspecified atom stereocenters. The number of aliphatic carboxylic acids is 1. The van der Waals surface area contributed by atoms with E-state index in [-0.39, 0.29) is 18.1 Å². The fourth-order valence-electron chi connectivity index (χ4n) is 3.94. The topological polar surface area (TPSA) is 114 Å². The Morgan fingerprint density at radius 2 is 1.88 bits per heavy atom. The van der Waals surface area contributed by atoms with Crippen molar-refractivity contribution < 1.29 is 24.2 Å². The Kier molecular flexibility index (Phi) is 6.25. The molecule has 3 N–H and O–H groups in total. The van der Waals surface area contributed by atoms with E-state index in [2.05, 4.69) is 5.10 Å². The summed E-state index contributed by atoms with van der Waals surface area (Å²) in [6, 6.07) is 12.5. The van der Waals surface area contributed by atoms with Gasteiger partial charge in [-0.05, 0) is 30.5 Å². The third kappa shape index (κ3) is 4.98. The van der Waals surface area contributed by atoms with Crippen LogP contribution in [0.15, 0.2) is 47.6 Å². The van der Waals surface area contributed by atoms with Crippen LogP contribution in [0.2, 0.25) is 0 Å². The Bertz CT molecular complexity index is 1030. The molecule has 0 bridgehead atoms. The van der Waals surface area contributed by atoms with E-state index in [1.54, 1.807) is 37.4 Å². The zero-order valence-corrected chi connectivity index (χ0v) is 18.0. The van der Waals surface area contributed by atoms with Crippen molar-refractivity contribution in [1.82, 2.24) is 5.01 Å². The van der Waals surface area contributed by atoms with E-state index >= 15 is 0 Å². The van der Waals surface area contributed by atoms with Crippen molar-refractivity contribution in [3.63, 3.8) is 0 Å². The molecule has 0 aromatic heterocycles. The molecule has 1 fully saturated rings. The Morgan fingerprint density at radius 1 is 1.19 bits per heavy atom. The summed E-state index contributed by atoms with van der Waals surface area (Å²) < 4.78 is 11.2. The van der Waals surface area contributed by atoms with Gasteiger partial charge in [0.05, 0.1) is 38.9 Å². The van der Waals surface area contributed by atoms with E-state index in [1.165, 1.54) is 0 Å². The molecule has 2 aliphatic rings. The lowest BCUT2D eigenvalue weighted by atomic mass is 9.84. The zero-order valence-electron chi connectivity index (χ0n) is 18.0. The Morgan fingerprint density at radius 3 is 2.56 bits per heavy atom. The van der Waals surface area contributed by atoms with E-state index in [0.29, 0.717) is 36.5 Å². The van der Waals surface area contributed by atoms with Crippen LogP contribution in [0.1, 0.15) is 40.4 Å². The molecule has 1 saturated heterocycles. The maximum Gasteiger partial charge on any atom is 0.303 e. The number of benzene rings is 2. The van der Waals surface area contributed by atoms with Crippen LogP contribution in [-0.4, -0.2) is 60.1 Å². The van der Waals surface area contributed by atoms with Gasteiger partial charge in [-0.25, -0.2) is 0 Å². The third-order valence-electron chi connectivity index (χ3n) is 5.89. The normalized spacial score (nSPS) is 22.9. The Balaban J connectivity index is 1.47. The molecule has 2 aliphatic heterocycles. The van der Waals surface area contributed by atoms with E-state index < -0.39 is 11.7 Å². The summed E-state index contributed by atoms with van der Waals surface area (Å²) in [4.78, 5) is 24.1. The second kappa shape index (κ2) is 9.10. The fourth-order valence-corrected chi connectivity index (χ4v) is 3.94. The Hall–Kier alpha value is -3.23. The van der Waals surface area contributed by atoms with Gasteiger partial charge in [-0.2, -0.15) is 5.10 Å². The number of ketones is 1. The third-order valence-corrected chi connectivity index (χ3v) is 5.89. The first-order valence-corrected chi connectivity index (χ1v) is 10.7. The average molecular weight is 437 g/mol. The van der Waals surface area contributed by atoms with Crippen LogP contribution < -0.4 is 10.5 Å². The molecule has 0 spiro atoms. The highest BCUT2D eigenvalue weighted by Gasteiger charge is 2.39. The van der Waals surface area contributed by atoms with Crippen LogP contribution in [0.5, 0.6) is 5.75 Å². The summed E-state index contributed by atoms with van der Waals surface area (Å²) in [5.41, 5.74) is 7.92. The number of carboxylic acids is 1. The minimum atomic E-state index is -1.12. The summed E-state index contributed by atoms with van der Waals surface area (Å²) in [7, 11) is 0. The molecular formula is C24H27N3O5. The van der Waals surface area contributed by atoms with E-state index in [4.69, 9.17) is 20.3 Å². The number of ether oxygens (including phenoxy) is 2. The van der Waals surface area contributed by atoms with Crippen LogP contribution in [0.3, 0.4) is 0 Å². The predicted octanol–water partition coefficient (Wildman–Crippen LogP) is 2.28. The van der Waals surface area contributed by atoms with Crippen LogP contribution >= 0.6 is 0 Å². The average Bonchev–Trinajstić information content (AvgIpc) is 2.78. The number of carbonyl (C=O) groups is 2. The highest BCUT2D eigenvalue weighted by molar-refractivity contribution is 6.09. The lowest BCUT2D eigenvalue weighted by molar-refractivity contribution is -0.140. The van der Waals surface area contributed by atoms with Gasteiger partial charge in [0.2, 0.25) is 0 Å². The summed E-state index contributed by atoms with van der Waals surface area (Å²) in [6.07, 6.45) is 2.19. The number of hydrogen-bond donors (Lipinski definition) is 2. The number of morpholine rings is 1. The van der Waals surface area contributed by atoms with Gasteiger partial charge in [0.25, 0.3) is 0 Å². The molecule has 0 aliphatic carbocycles. The number of carbonyl (C=O) groups excluding carboxylic acids is 1. The van der Waals surface area contributed by atoms with Gasteiger partial charge in [0, 0.05) is 17.0 Å². The molecule has 8 heteroatoms. The summed E-state index contributed by atoms with van der Waals surface area (Å²) in [5, 5.41) is 15.5. The van der Waals surface area contributed by atoms with Crippen molar-refractivity contribution in [3.8, 4) is 5.75 Å².